The Morgan fingerprint density at radius 2 is 1.56 bits per heavy atom. The number of anilines is 1. The Kier molecular flexibility index (Phi) is 10.0. The second-order valence-electron chi connectivity index (χ2n) is 11.0. The van der Waals surface area contributed by atoms with E-state index in [9.17, 15) is 9.90 Å². The number of rotatable bonds is 8. The summed E-state index contributed by atoms with van der Waals surface area (Å²) in [5, 5.41) is 12.4. The summed E-state index contributed by atoms with van der Waals surface area (Å²) < 4.78 is 0. The lowest BCUT2D eigenvalue weighted by Gasteiger charge is -2.45. The number of carbonyl (C=O) groups is 1. The van der Waals surface area contributed by atoms with Crippen LogP contribution in [0.4, 0.5) is 5.69 Å². The molecule has 39 heavy (non-hydrogen) atoms. The van der Waals surface area contributed by atoms with E-state index in [0.717, 1.165) is 94.3 Å². The van der Waals surface area contributed by atoms with Crippen LogP contribution in [0.1, 0.15) is 60.0 Å². The molecule has 0 aliphatic carbocycles. The molecular weight excluding hydrogens is 551 g/mol. The second kappa shape index (κ2) is 13.1. The number of likely N-dealkylation sites (tertiary alicyclic amines) is 1. The van der Waals surface area contributed by atoms with Crippen LogP contribution in [0.25, 0.3) is 0 Å². The predicted molar refractivity (Wildman–Crippen MR) is 164 cm³/mol. The van der Waals surface area contributed by atoms with Gasteiger partial charge in [-0.1, -0.05) is 71.7 Å². The molecule has 2 fully saturated rings. The van der Waals surface area contributed by atoms with Crippen LogP contribution in [0.15, 0.2) is 72.8 Å². The molecule has 2 aliphatic heterocycles. The maximum Gasteiger partial charge on any atom is 0.152 e. The molecule has 7 heteroatoms. The molecule has 2 heterocycles. The van der Waals surface area contributed by atoms with Crippen molar-refractivity contribution in [3.8, 4) is 0 Å². The molecule has 2 aliphatic rings. The highest BCUT2D eigenvalue weighted by atomic mass is 35.5. The Bertz CT molecular complexity index is 1250. The first kappa shape index (κ1) is 29.9. The van der Waals surface area contributed by atoms with E-state index in [1.165, 1.54) is 5.56 Å². The van der Waals surface area contributed by atoms with Crippen LogP contribution in [0, 0.1) is 0 Å². The van der Waals surface area contributed by atoms with E-state index in [2.05, 4.69) is 21.9 Å². The average Bonchev–Trinajstić information content (AvgIpc) is 2.96. The lowest BCUT2D eigenvalue weighted by Crippen LogP contribution is -2.47. The Labute approximate surface area is 248 Å². The Morgan fingerprint density at radius 3 is 2.28 bits per heavy atom. The number of piperidine rings is 2. The van der Waals surface area contributed by atoms with Gasteiger partial charge in [0.25, 0.3) is 0 Å². The topological polar surface area (TPSA) is 43.8 Å². The smallest absolute Gasteiger partial charge is 0.152 e. The molecule has 1 N–H and O–H groups in total. The van der Waals surface area contributed by atoms with Gasteiger partial charge in [-0.25, -0.2) is 0 Å². The zero-order chi connectivity index (χ0) is 26.6. The van der Waals surface area contributed by atoms with E-state index in [-0.39, 0.29) is 17.8 Å². The molecule has 3 aromatic carbocycles. The largest absolute Gasteiger partial charge is 0.385 e. The van der Waals surface area contributed by atoms with Crippen LogP contribution in [-0.4, -0.2) is 49.0 Å². The van der Waals surface area contributed by atoms with Crippen molar-refractivity contribution in [3.63, 3.8) is 0 Å². The van der Waals surface area contributed by atoms with Crippen molar-refractivity contribution in [2.45, 2.75) is 49.5 Å². The molecule has 0 spiro atoms. The lowest BCUT2D eigenvalue weighted by molar-refractivity contribution is -0.0264. The molecule has 0 saturated carbocycles. The minimum atomic E-state index is -0.727. The van der Waals surface area contributed by atoms with Gasteiger partial charge in [0.2, 0.25) is 0 Å². The lowest BCUT2D eigenvalue weighted by atomic mass is 9.70. The monoisotopic (exact) mass is 586 g/mol. The SMILES string of the molecule is Cl.O=Cc1ccccc1N1CCCC(CCCN2CCC(O)(c3ccccc3)CC2)(c2ccc(Cl)c(Cl)c2)C1. The molecule has 1 atom stereocenters. The third-order valence-electron chi connectivity index (χ3n) is 8.64. The molecule has 208 valence electrons. The summed E-state index contributed by atoms with van der Waals surface area (Å²) in [6.07, 6.45) is 6.64. The maximum absolute atomic E-state index is 11.8. The molecule has 4 nitrogen and oxygen atoms in total. The van der Waals surface area contributed by atoms with Gasteiger partial charge >= 0.3 is 0 Å². The van der Waals surface area contributed by atoms with Crippen LogP contribution < -0.4 is 4.90 Å². The quantitative estimate of drug-likeness (QED) is 0.277. The van der Waals surface area contributed by atoms with Gasteiger partial charge in [-0.2, -0.15) is 0 Å². The van der Waals surface area contributed by atoms with Gasteiger partial charge in [-0.3, -0.25) is 4.79 Å². The summed E-state index contributed by atoms with van der Waals surface area (Å²) in [6, 6.07) is 24.0. The minimum absolute atomic E-state index is 0. The normalized spacial score (nSPS) is 21.3. The van der Waals surface area contributed by atoms with E-state index in [1.807, 2.05) is 60.7 Å². The van der Waals surface area contributed by atoms with Crippen LogP contribution in [-0.2, 0) is 11.0 Å². The third kappa shape index (κ3) is 6.64. The fourth-order valence-electron chi connectivity index (χ4n) is 6.45. The number of nitrogens with zero attached hydrogens (tertiary/aromatic N) is 2. The summed E-state index contributed by atoms with van der Waals surface area (Å²) in [6.45, 7) is 4.55. The third-order valence-corrected chi connectivity index (χ3v) is 9.38. The molecule has 0 aromatic heterocycles. The van der Waals surface area contributed by atoms with E-state index in [1.54, 1.807) is 0 Å². The van der Waals surface area contributed by atoms with Crippen molar-refractivity contribution in [2.24, 2.45) is 0 Å². The standard InChI is InChI=1S/C32H36Cl2N2O2.ClH/c33-28-13-12-27(22-29(28)34)31(15-7-19-36(24-31)30-11-5-4-8-25(30)23-37)14-6-18-35-20-16-32(38,17-21-35)26-9-2-1-3-10-26;/h1-5,8-13,22-23,38H,6-7,14-21,24H2;1H. The van der Waals surface area contributed by atoms with Gasteiger partial charge in [0, 0.05) is 42.8 Å². The number of para-hydroxylation sites is 1. The predicted octanol–water partition coefficient (Wildman–Crippen LogP) is 7.53. The van der Waals surface area contributed by atoms with Gasteiger partial charge in [0.05, 0.1) is 15.6 Å². The summed E-state index contributed by atoms with van der Waals surface area (Å²) in [4.78, 5) is 16.6. The first-order chi connectivity index (χ1) is 18.4. The molecule has 3 aromatic rings. The van der Waals surface area contributed by atoms with Crippen LogP contribution >= 0.6 is 35.6 Å². The fraction of sp³-hybridized carbons (Fsp3) is 0.406. The Balaban J connectivity index is 0.00000353. The number of aldehydes is 1. The highest BCUT2D eigenvalue weighted by Crippen LogP contribution is 2.42. The zero-order valence-electron chi connectivity index (χ0n) is 22.2. The first-order valence-electron chi connectivity index (χ1n) is 13.7. The summed E-state index contributed by atoms with van der Waals surface area (Å²) in [7, 11) is 0. The van der Waals surface area contributed by atoms with E-state index in [4.69, 9.17) is 23.2 Å². The number of hydrogen-bond acceptors (Lipinski definition) is 4. The minimum Gasteiger partial charge on any atom is -0.385 e. The van der Waals surface area contributed by atoms with Crippen molar-refractivity contribution in [1.82, 2.24) is 4.90 Å². The van der Waals surface area contributed by atoms with Gasteiger partial charge in [0.1, 0.15) is 0 Å². The zero-order valence-corrected chi connectivity index (χ0v) is 24.5. The molecule has 0 amide bonds. The highest BCUT2D eigenvalue weighted by Gasteiger charge is 2.38. The number of carbonyl (C=O) groups excluding carboxylic acids is 1. The van der Waals surface area contributed by atoms with E-state index >= 15 is 0 Å². The van der Waals surface area contributed by atoms with Crippen molar-refractivity contribution < 1.29 is 9.90 Å². The Hall–Kier alpha value is -2.08. The molecule has 0 bridgehead atoms. The number of benzene rings is 3. The van der Waals surface area contributed by atoms with Gasteiger partial charge in [0.15, 0.2) is 6.29 Å². The van der Waals surface area contributed by atoms with Gasteiger partial charge < -0.3 is 14.9 Å². The second-order valence-corrected chi connectivity index (χ2v) is 11.8. The number of halogens is 3. The molecular formula is C32H37Cl3N2O2. The molecule has 5 rings (SSSR count). The Morgan fingerprint density at radius 1 is 0.846 bits per heavy atom. The summed E-state index contributed by atoms with van der Waals surface area (Å²) >= 11 is 12.8. The van der Waals surface area contributed by atoms with Crippen LogP contribution in [0.3, 0.4) is 0 Å². The molecule has 0 radical (unpaired) electrons. The van der Waals surface area contributed by atoms with Crippen LogP contribution in [0.2, 0.25) is 10.0 Å². The van der Waals surface area contributed by atoms with Crippen molar-refractivity contribution >= 4 is 47.6 Å². The molecule has 1 unspecified atom stereocenters. The summed E-state index contributed by atoms with van der Waals surface area (Å²) in [5.41, 5.74) is 3.17. The fourth-order valence-corrected chi connectivity index (χ4v) is 6.75. The van der Waals surface area contributed by atoms with Gasteiger partial charge in [-0.15, -0.1) is 12.4 Å². The summed E-state index contributed by atoms with van der Waals surface area (Å²) in [5.74, 6) is 0. The highest BCUT2D eigenvalue weighted by molar-refractivity contribution is 6.42. The van der Waals surface area contributed by atoms with Crippen molar-refractivity contribution in [3.05, 3.63) is 99.5 Å². The van der Waals surface area contributed by atoms with E-state index < -0.39 is 5.60 Å². The first-order valence-corrected chi connectivity index (χ1v) is 14.4. The van der Waals surface area contributed by atoms with Gasteiger partial charge in [-0.05, 0) is 80.5 Å². The average molecular weight is 588 g/mol. The number of aliphatic hydroxyl groups is 1. The van der Waals surface area contributed by atoms with Crippen molar-refractivity contribution in [1.29, 1.82) is 0 Å². The maximum atomic E-state index is 11.8. The molecule has 2 saturated heterocycles. The van der Waals surface area contributed by atoms with E-state index in [0.29, 0.717) is 10.0 Å². The number of hydrogen-bond donors (Lipinski definition) is 1. The van der Waals surface area contributed by atoms with Crippen molar-refractivity contribution in [2.75, 3.05) is 37.6 Å². The van der Waals surface area contributed by atoms with Crippen LogP contribution in [0.5, 0.6) is 0 Å².